The first-order valence-electron chi connectivity index (χ1n) is 10.4. The van der Waals surface area contributed by atoms with Gasteiger partial charge in [-0.3, -0.25) is 4.79 Å². The Kier molecular flexibility index (Phi) is 4.63. The largest absolute Gasteiger partial charge is 0.487 e. The summed E-state index contributed by atoms with van der Waals surface area (Å²) in [6.45, 7) is 2.36. The zero-order valence-electron chi connectivity index (χ0n) is 16.4. The first-order valence-corrected chi connectivity index (χ1v) is 11.2. The summed E-state index contributed by atoms with van der Waals surface area (Å²) >= 11 is 1.43. The average Bonchev–Trinajstić information content (AvgIpc) is 3.18. The van der Waals surface area contributed by atoms with Gasteiger partial charge < -0.3 is 15.0 Å². The average molecular weight is 398 g/mol. The van der Waals surface area contributed by atoms with Crippen LogP contribution in [0, 0.1) is 0 Å². The van der Waals surface area contributed by atoms with Gasteiger partial charge in [-0.2, -0.15) is 0 Å². The number of nitrogens with one attached hydrogen (secondary N) is 1. The number of aryl methyl sites for hydroxylation is 1. The molecule has 5 nitrogen and oxygen atoms in total. The first-order chi connectivity index (χ1) is 13.7. The molecule has 1 aliphatic carbocycles. The summed E-state index contributed by atoms with van der Waals surface area (Å²) in [6.07, 6.45) is 10.3. The summed E-state index contributed by atoms with van der Waals surface area (Å²) in [5.74, 6) is 0.954. The van der Waals surface area contributed by atoms with Gasteiger partial charge in [0.15, 0.2) is 0 Å². The standard InChI is InChI=1S/C22H27N3O2S/c1-23-20(26)19-14-24-21(28-19)16-5-6-18-15(13-16)7-8-22(27-18)9-11-25(12-10-22)17-3-2-4-17/h5-6,13-14,17H,2-4,7-12H2,1H3,(H,23,26). The van der Waals surface area contributed by atoms with Gasteiger partial charge in [-0.1, -0.05) is 6.42 Å². The lowest BCUT2D eigenvalue weighted by molar-refractivity contribution is -0.0336. The van der Waals surface area contributed by atoms with Crippen molar-refractivity contribution in [2.45, 2.75) is 56.6 Å². The van der Waals surface area contributed by atoms with Crippen molar-refractivity contribution >= 4 is 17.2 Å². The van der Waals surface area contributed by atoms with Gasteiger partial charge in [-0.15, -0.1) is 11.3 Å². The summed E-state index contributed by atoms with van der Waals surface area (Å²) in [4.78, 5) is 19.5. The lowest BCUT2D eigenvalue weighted by Crippen LogP contribution is -2.53. The molecule has 3 aliphatic rings. The van der Waals surface area contributed by atoms with Crippen LogP contribution in [-0.4, -0.2) is 47.6 Å². The van der Waals surface area contributed by atoms with Crippen LogP contribution in [0.15, 0.2) is 24.4 Å². The highest BCUT2D eigenvalue weighted by Gasteiger charge is 2.41. The summed E-state index contributed by atoms with van der Waals surface area (Å²) in [6, 6.07) is 7.21. The Morgan fingerprint density at radius 3 is 2.82 bits per heavy atom. The topological polar surface area (TPSA) is 54.5 Å². The smallest absolute Gasteiger partial charge is 0.262 e. The molecule has 2 fully saturated rings. The van der Waals surface area contributed by atoms with Crippen LogP contribution in [0.3, 0.4) is 0 Å². The SMILES string of the molecule is CNC(=O)c1cnc(-c2ccc3c(c2)CCC2(CCN(C4CCC4)CC2)O3)s1. The molecule has 1 aromatic carbocycles. The van der Waals surface area contributed by atoms with E-state index in [9.17, 15) is 4.79 Å². The summed E-state index contributed by atoms with van der Waals surface area (Å²) in [5, 5.41) is 3.54. The van der Waals surface area contributed by atoms with Crippen LogP contribution in [0.1, 0.15) is 53.8 Å². The number of hydrogen-bond acceptors (Lipinski definition) is 5. The van der Waals surface area contributed by atoms with Crippen LogP contribution in [0.2, 0.25) is 0 Å². The highest BCUT2D eigenvalue weighted by molar-refractivity contribution is 7.16. The Hall–Kier alpha value is -1.92. The number of benzene rings is 1. The molecule has 0 radical (unpaired) electrons. The van der Waals surface area contributed by atoms with Crippen LogP contribution >= 0.6 is 11.3 Å². The number of rotatable bonds is 3. The predicted octanol–water partition coefficient (Wildman–Crippen LogP) is 3.88. The van der Waals surface area contributed by atoms with Crippen LogP contribution in [0.4, 0.5) is 0 Å². The van der Waals surface area contributed by atoms with E-state index in [2.05, 4.69) is 33.4 Å². The normalized spacial score (nSPS) is 21.6. The molecule has 2 aromatic rings. The van der Waals surface area contributed by atoms with Gasteiger partial charge in [-0.05, 0) is 62.3 Å². The molecule has 1 aromatic heterocycles. The minimum atomic E-state index is -0.0831. The minimum absolute atomic E-state index is 0.0301. The Morgan fingerprint density at radius 1 is 1.29 bits per heavy atom. The summed E-state index contributed by atoms with van der Waals surface area (Å²) in [5.41, 5.74) is 2.36. The number of piperidine rings is 1. The molecule has 1 amide bonds. The van der Waals surface area contributed by atoms with Crippen LogP contribution in [0.5, 0.6) is 5.75 Å². The minimum Gasteiger partial charge on any atom is -0.487 e. The van der Waals surface area contributed by atoms with Crippen molar-refractivity contribution in [2.24, 2.45) is 0 Å². The van der Waals surface area contributed by atoms with E-state index in [0.29, 0.717) is 4.88 Å². The molecule has 5 rings (SSSR count). The number of nitrogens with zero attached hydrogens (tertiary/aromatic N) is 2. The van der Waals surface area contributed by atoms with E-state index in [1.165, 1.54) is 49.3 Å². The van der Waals surface area contributed by atoms with Crippen molar-refractivity contribution in [3.8, 4) is 16.3 Å². The van der Waals surface area contributed by atoms with Gasteiger partial charge in [0.2, 0.25) is 0 Å². The molecule has 1 saturated carbocycles. The third-order valence-corrected chi connectivity index (χ3v) is 7.79. The molecule has 1 saturated heterocycles. The monoisotopic (exact) mass is 397 g/mol. The van der Waals surface area contributed by atoms with Gasteiger partial charge in [0.1, 0.15) is 21.2 Å². The molecular weight excluding hydrogens is 370 g/mol. The quantitative estimate of drug-likeness (QED) is 0.854. The fraction of sp³-hybridized carbons (Fsp3) is 0.545. The predicted molar refractivity (Wildman–Crippen MR) is 111 cm³/mol. The molecule has 1 N–H and O–H groups in total. The molecule has 6 heteroatoms. The highest BCUT2D eigenvalue weighted by atomic mass is 32.1. The van der Waals surface area contributed by atoms with Crippen LogP contribution in [0.25, 0.3) is 10.6 Å². The highest BCUT2D eigenvalue weighted by Crippen LogP contribution is 2.42. The number of hydrogen-bond donors (Lipinski definition) is 1. The van der Waals surface area contributed by atoms with Gasteiger partial charge in [0.05, 0.1) is 6.20 Å². The van der Waals surface area contributed by atoms with E-state index < -0.39 is 0 Å². The third-order valence-electron chi connectivity index (χ3n) is 6.74. The van der Waals surface area contributed by atoms with E-state index in [4.69, 9.17) is 4.74 Å². The maximum Gasteiger partial charge on any atom is 0.262 e. The molecule has 1 spiro atoms. The van der Waals surface area contributed by atoms with E-state index >= 15 is 0 Å². The van der Waals surface area contributed by atoms with Gasteiger partial charge in [0.25, 0.3) is 5.91 Å². The summed E-state index contributed by atoms with van der Waals surface area (Å²) < 4.78 is 6.58. The molecule has 28 heavy (non-hydrogen) atoms. The van der Waals surface area contributed by atoms with Crippen molar-refractivity contribution < 1.29 is 9.53 Å². The second kappa shape index (κ2) is 7.16. The Bertz CT molecular complexity index is 882. The van der Waals surface area contributed by atoms with E-state index in [1.54, 1.807) is 13.2 Å². The molecule has 0 unspecified atom stereocenters. The number of aromatic nitrogens is 1. The Labute approximate surface area is 170 Å². The number of likely N-dealkylation sites (tertiary alicyclic amines) is 1. The number of carbonyl (C=O) groups excluding carboxylic acids is 1. The van der Waals surface area contributed by atoms with E-state index in [0.717, 1.165) is 48.0 Å². The molecule has 0 bridgehead atoms. The maximum atomic E-state index is 11.8. The second-order valence-electron chi connectivity index (χ2n) is 8.34. The number of carbonyl (C=O) groups is 1. The lowest BCUT2D eigenvalue weighted by atomic mass is 9.81. The number of ether oxygens (including phenoxy) is 1. The van der Waals surface area contributed by atoms with Gasteiger partial charge in [0, 0.05) is 31.7 Å². The molecule has 0 atom stereocenters. The Balaban J connectivity index is 1.30. The van der Waals surface area contributed by atoms with E-state index in [1.807, 2.05) is 0 Å². The first kappa shape index (κ1) is 18.1. The second-order valence-corrected chi connectivity index (χ2v) is 9.37. The van der Waals surface area contributed by atoms with Crippen LogP contribution < -0.4 is 10.1 Å². The van der Waals surface area contributed by atoms with Crippen molar-refractivity contribution in [3.05, 3.63) is 34.8 Å². The van der Waals surface area contributed by atoms with Crippen LogP contribution in [-0.2, 0) is 6.42 Å². The summed E-state index contributed by atoms with van der Waals surface area (Å²) in [7, 11) is 1.64. The maximum absolute atomic E-state index is 11.8. The Morgan fingerprint density at radius 2 is 2.11 bits per heavy atom. The van der Waals surface area contributed by atoms with Crippen molar-refractivity contribution in [2.75, 3.05) is 20.1 Å². The molecule has 3 heterocycles. The number of fused-ring (bicyclic) bond motifs is 1. The third kappa shape index (κ3) is 3.22. The molecule has 2 aliphatic heterocycles. The number of thiazole rings is 1. The van der Waals surface area contributed by atoms with Gasteiger partial charge in [-0.25, -0.2) is 4.98 Å². The lowest BCUT2D eigenvalue weighted by Gasteiger charge is -2.48. The zero-order valence-corrected chi connectivity index (χ0v) is 17.2. The van der Waals surface area contributed by atoms with E-state index in [-0.39, 0.29) is 11.5 Å². The zero-order chi connectivity index (χ0) is 19.1. The van der Waals surface area contributed by atoms with Crippen molar-refractivity contribution in [1.29, 1.82) is 0 Å². The molecular formula is C22H27N3O2S. The number of amides is 1. The fourth-order valence-corrected chi connectivity index (χ4v) is 5.55. The van der Waals surface area contributed by atoms with Crippen molar-refractivity contribution in [1.82, 2.24) is 15.2 Å². The molecule has 148 valence electrons. The fourth-order valence-electron chi connectivity index (χ4n) is 4.69. The van der Waals surface area contributed by atoms with Crippen molar-refractivity contribution in [3.63, 3.8) is 0 Å². The van der Waals surface area contributed by atoms with Gasteiger partial charge >= 0.3 is 0 Å².